The molecule has 0 atom stereocenters. The summed E-state index contributed by atoms with van der Waals surface area (Å²) in [5.74, 6) is 1.19. The monoisotopic (exact) mass is 384 g/mol. The zero-order valence-electron chi connectivity index (χ0n) is 15.5. The molecule has 0 bridgehead atoms. The maximum Gasteiger partial charge on any atom is 0.229 e. The zero-order valence-corrected chi connectivity index (χ0v) is 18.2. The van der Waals surface area contributed by atoms with E-state index in [-0.39, 0.29) is 5.41 Å². The van der Waals surface area contributed by atoms with Crippen molar-refractivity contribution >= 4 is 25.0 Å². The van der Waals surface area contributed by atoms with Crippen LogP contribution in [0.3, 0.4) is 0 Å². The molecule has 0 aliphatic rings. The van der Waals surface area contributed by atoms with E-state index < -0.39 is 9.04 Å². The molecular weight excluding hydrogens is 352 g/mol. The molecule has 0 radical (unpaired) electrons. The molecule has 0 heterocycles. The van der Waals surface area contributed by atoms with Crippen molar-refractivity contribution in [2.45, 2.75) is 84.1 Å². The van der Waals surface area contributed by atoms with E-state index >= 15 is 0 Å². The van der Waals surface area contributed by atoms with Crippen LogP contribution in [0.2, 0.25) is 13.1 Å². The van der Waals surface area contributed by atoms with Crippen molar-refractivity contribution in [3.05, 3.63) is 28.3 Å². The van der Waals surface area contributed by atoms with E-state index in [1.54, 1.807) is 0 Å². The third kappa shape index (κ3) is 4.86. The largest absolute Gasteiger partial charge is 0.547 e. The van der Waals surface area contributed by atoms with Gasteiger partial charge < -0.3 is 4.43 Å². The van der Waals surface area contributed by atoms with Gasteiger partial charge in [-0.2, -0.15) is 0 Å². The fourth-order valence-corrected chi connectivity index (χ4v) is 4.40. The van der Waals surface area contributed by atoms with Crippen molar-refractivity contribution in [1.29, 1.82) is 0 Å². The average molecular weight is 385 g/mol. The van der Waals surface area contributed by atoms with E-state index in [1.165, 1.54) is 34.4 Å². The van der Waals surface area contributed by atoms with Crippen LogP contribution in [-0.4, -0.2) is 9.04 Å². The SMILES string of the molecule is CCCc1cc(CBr)c(O[SiH](C)C)c(CCC)c1C(C)(C)C. The third-order valence-corrected chi connectivity index (χ3v) is 5.12. The summed E-state index contributed by atoms with van der Waals surface area (Å²) in [6.07, 6.45) is 4.62. The maximum atomic E-state index is 6.40. The predicted octanol–water partition coefficient (Wildman–Crippen LogP) is 6.15. The molecule has 0 saturated carbocycles. The fraction of sp³-hybridized carbons (Fsp3) is 0.684. The molecule has 22 heavy (non-hydrogen) atoms. The first-order valence-electron chi connectivity index (χ1n) is 8.66. The summed E-state index contributed by atoms with van der Waals surface area (Å²) in [6.45, 7) is 16.1. The van der Waals surface area contributed by atoms with Gasteiger partial charge in [0.1, 0.15) is 5.75 Å². The topological polar surface area (TPSA) is 9.23 Å². The summed E-state index contributed by atoms with van der Waals surface area (Å²) < 4.78 is 6.40. The summed E-state index contributed by atoms with van der Waals surface area (Å²) in [4.78, 5) is 0. The lowest BCUT2D eigenvalue weighted by Gasteiger charge is -2.30. The standard InChI is InChI=1S/C19H33BrOSi/c1-8-10-14-12-15(13-20)18(21-22(6)7)16(11-9-2)17(14)19(3,4)5/h12,22H,8-11,13H2,1-7H3. The molecule has 1 rings (SSSR count). The van der Waals surface area contributed by atoms with Crippen molar-refractivity contribution in [2.24, 2.45) is 0 Å². The Balaban J connectivity index is 3.67. The Labute approximate surface area is 147 Å². The van der Waals surface area contributed by atoms with Gasteiger partial charge in [0.2, 0.25) is 9.04 Å². The first-order chi connectivity index (χ1) is 10.3. The minimum atomic E-state index is -1.12. The lowest BCUT2D eigenvalue weighted by atomic mass is 9.77. The minimum Gasteiger partial charge on any atom is -0.547 e. The van der Waals surface area contributed by atoms with E-state index in [0.29, 0.717) is 0 Å². The smallest absolute Gasteiger partial charge is 0.229 e. The van der Waals surface area contributed by atoms with E-state index in [4.69, 9.17) is 4.43 Å². The van der Waals surface area contributed by atoms with Crippen LogP contribution >= 0.6 is 15.9 Å². The number of hydrogen-bond acceptors (Lipinski definition) is 1. The van der Waals surface area contributed by atoms with Crippen molar-refractivity contribution < 1.29 is 4.43 Å². The molecule has 0 aliphatic carbocycles. The second kappa shape index (κ2) is 8.54. The molecule has 3 heteroatoms. The van der Waals surface area contributed by atoms with Crippen LogP contribution < -0.4 is 4.43 Å². The van der Waals surface area contributed by atoms with Crippen LogP contribution in [0.1, 0.15) is 69.7 Å². The van der Waals surface area contributed by atoms with Gasteiger partial charge in [0, 0.05) is 10.9 Å². The highest BCUT2D eigenvalue weighted by Gasteiger charge is 2.26. The van der Waals surface area contributed by atoms with Gasteiger partial charge in [-0.1, -0.05) is 69.5 Å². The van der Waals surface area contributed by atoms with Crippen molar-refractivity contribution in [2.75, 3.05) is 0 Å². The Morgan fingerprint density at radius 1 is 1.05 bits per heavy atom. The third-order valence-electron chi connectivity index (χ3n) is 3.80. The van der Waals surface area contributed by atoms with Gasteiger partial charge in [-0.3, -0.25) is 0 Å². The molecular formula is C19H33BrOSi. The van der Waals surface area contributed by atoms with Crippen LogP contribution in [0.4, 0.5) is 0 Å². The van der Waals surface area contributed by atoms with Gasteiger partial charge in [0.25, 0.3) is 0 Å². The Kier molecular flexibility index (Phi) is 7.67. The number of benzene rings is 1. The van der Waals surface area contributed by atoms with Crippen LogP contribution in [0, 0.1) is 0 Å². The van der Waals surface area contributed by atoms with Gasteiger partial charge in [0.15, 0.2) is 0 Å². The van der Waals surface area contributed by atoms with Crippen LogP contribution in [0.15, 0.2) is 6.07 Å². The fourth-order valence-electron chi connectivity index (χ4n) is 3.22. The molecule has 0 unspecified atom stereocenters. The highest BCUT2D eigenvalue weighted by Crippen LogP contribution is 2.40. The molecule has 0 aliphatic heterocycles. The van der Waals surface area contributed by atoms with Crippen molar-refractivity contribution in [3.8, 4) is 5.75 Å². The molecule has 0 amide bonds. The molecule has 1 nitrogen and oxygen atoms in total. The zero-order chi connectivity index (χ0) is 16.9. The highest BCUT2D eigenvalue weighted by atomic mass is 79.9. The lowest BCUT2D eigenvalue weighted by Crippen LogP contribution is -2.21. The molecule has 0 aromatic heterocycles. The molecule has 0 spiro atoms. The van der Waals surface area contributed by atoms with Crippen molar-refractivity contribution in [3.63, 3.8) is 0 Å². The quantitative estimate of drug-likeness (QED) is 0.404. The minimum absolute atomic E-state index is 0.163. The molecule has 1 aromatic rings. The summed E-state index contributed by atoms with van der Waals surface area (Å²) >= 11 is 3.68. The number of aryl methyl sites for hydroxylation is 1. The normalized spacial score (nSPS) is 12.0. The van der Waals surface area contributed by atoms with Gasteiger partial charge in [-0.05, 0) is 48.0 Å². The highest BCUT2D eigenvalue weighted by molar-refractivity contribution is 9.08. The average Bonchev–Trinajstić information content (AvgIpc) is 2.39. The molecule has 0 saturated heterocycles. The number of rotatable bonds is 7. The summed E-state index contributed by atoms with van der Waals surface area (Å²) in [5.41, 5.74) is 6.02. The molecule has 126 valence electrons. The first kappa shape index (κ1) is 19.8. The van der Waals surface area contributed by atoms with E-state index in [0.717, 1.165) is 24.6 Å². The Hall–Kier alpha value is -0.283. The summed E-state index contributed by atoms with van der Waals surface area (Å²) in [6, 6.07) is 2.39. The molecule has 0 N–H and O–H groups in total. The van der Waals surface area contributed by atoms with E-state index in [2.05, 4.69) is 69.7 Å². The Bertz CT molecular complexity index is 489. The second-order valence-electron chi connectivity index (χ2n) is 7.43. The maximum absolute atomic E-state index is 6.40. The van der Waals surface area contributed by atoms with Crippen molar-refractivity contribution in [1.82, 2.24) is 0 Å². The van der Waals surface area contributed by atoms with Crippen LogP contribution in [-0.2, 0) is 23.6 Å². The molecule has 1 aromatic carbocycles. The van der Waals surface area contributed by atoms with E-state index in [1.807, 2.05) is 0 Å². The van der Waals surface area contributed by atoms with Gasteiger partial charge >= 0.3 is 0 Å². The van der Waals surface area contributed by atoms with E-state index in [9.17, 15) is 0 Å². The van der Waals surface area contributed by atoms with Crippen LogP contribution in [0.25, 0.3) is 0 Å². The summed E-state index contributed by atoms with van der Waals surface area (Å²) in [7, 11) is -1.12. The van der Waals surface area contributed by atoms with Crippen LogP contribution in [0.5, 0.6) is 5.75 Å². The van der Waals surface area contributed by atoms with Gasteiger partial charge in [-0.25, -0.2) is 0 Å². The van der Waals surface area contributed by atoms with Gasteiger partial charge in [-0.15, -0.1) is 0 Å². The molecule has 0 fully saturated rings. The predicted molar refractivity (Wildman–Crippen MR) is 105 cm³/mol. The number of hydrogen-bond donors (Lipinski definition) is 0. The Morgan fingerprint density at radius 3 is 2.05 bits per heavy atom. The summed E-state index contributed by atoms with van der Waals surface area (Å²) in [5, 5.41) is 0.876. The number of alkyl halides is 1. The lowest BCUT2D eigenvalue weighted by molar-refractivity contribution is 0.535. The Morgan fingerprint density at radius 2 is 1.64 bits per heavy atom. The van der Waals surface area contributed by atoms with Gasteiger partial charge in [0.05, 0.1) is 0 Å². The second-order valence-corrected chi connectivity index (χ2v) is 10.3. The number of halogens is 1. The first-order valence-corrected chi connectivity index (χ1v) is 12.6.